The van der Waals surface area contributed by atoms with E-state index in [-0.39, 0.29) is 31.3 Å². The highest BCUT2D eigenvalue weighted by atomic mass is 16.4. The molecule has 6 heterocycles. The van der Waals surface area contributed by atoms with E-state index < -0.39 is 45.5 Å². The van der Waals surface area contributed by atoms with Crippen LogP contribution in [-0.2, 0) is 31.6 Å². The first-order valence-corrected chi connectivity index (χ1v) is 21.4. The number of aromatic amines is 1. The Balaban J connectivity index is 0.00000152. The monoisotopic (exact) mass is 795 g/mol. The summed E-state index contributed by atoms with van der Waals surface area (Å²) in [5.74, 6) is -0.299. The Hall–Kier alpha value is -3.87. The van der Waals surface area contributed by atoms with Gasteiger partial charge in [0.2, 0.25) is 0 Å². The molecule has 12 heteroatoms. The maximum absolute atomic E-state index is 14.5. The number of H-pyrrole nitrogens is 1. The summed E-state index contributed by atoms with van der Waals surface area (Å²) in [6.07, 6.45) is 8.07. The Morgan fingerprint density at radius 3 is 2.53 bits per heavy atom. The number of hydrogen-bond donors (Lipinski definition) is 6. The summed E-state index contributed by atoms with van der Waals surface area (Å²) in [5, 5.41) is 51.3. The van der Waals surface area contributed by atoms with Gasteiger partial charge in [0.1, 0.15) is 6.10 Å². The highest BCUT2D eigenvalue weighted by Crippen LogP contribution is 2.67. The molecule has 12 nitrogen and oxygen atoms in total. The van der Waals surface area contributed by atoms with Crippen molar-refractivity contribution < 1.29 is 34.8 Å². The van der Waals surface area contributed by atoms with E-state index in [4.69, 9.17) is 9.59 Å². The van der Waals surface area contributed by atoms with Gasteiger partial charge in [0.25, 0.3) is 5.91 Å². The molecule has 10 atom stereocenters. The summed E-state index contributed by atoms with van der Waals surface area (Å²) >= 11 is 0. The molecule has 5 aliphatic heterocycles. The Morgan fingerprint density at radius 2 is 1.81 bits per heavy atom. The molecule has 1 aliphatic carbocycles. The number of aliphatic hydroxyl groups excluding tert-OH is 2. The smallest absolute Gasteiger partial charge is 0.373 e. The van der Waals surface area contributed by atoms with E-state index in [9.17, 15) is 25.2 Å². The van der Waals surface area contributed by atoms with Gasteiger partial charge in [-0.15, -0.1) is 0 Å². The van der Waals surface area contributed by atoms with Gasteiger partial charge in [0.05, 0.1) is 11.6 Å². The third-order valence-corrected chi connectivity index (χ3v) is 15.7. The number of fused-ring (bicyclic) bond motifs is 6. The Kier molecular flexibility index (Phi) is 10.4. The van der Waals surface area contributed by atoms with Gasteiger partial charge in [-0.3, -0.25) is 14.6 Å². The second kappa shape index (κ2) is 14.7. The van der Waals surface area contributed by atoms with Crippen LogP contribution in [0.25, 0.3) is 10.9 Å². The van der Waals surface area contributed by atoms with Crippen LogP contribution in [0.15, 0.2) is 48.6 Å². The number of nitrogens with zero attached hydrogens (tertiary/aromatic N) is 3. The molecule has 6 aliphatic rings. The maximum Gasteiger partial charge on any atom is 0.373 e. The zero-order chi connectivity index (χ0) is 41.4. The van der Waals surface area contributed by atoms with Crippen molar-refractivity contribution in [3.63, 3.8) is 0 Å². The molecule has 1 amide bonds. The first-order chi connectivity index (χ1) is 27.7. The number of carbonyl (C=O) groups is 1. The van der Waals surface area contributed by atoms with Crippen molar-refractivity contribution in [2.24, 2.45) is 11.3 Å². The Bertz CT molecular complexity index is 2150. The van der Waals surface area contributed by atoms with Gasteiger partial charge in [-0.25, -0.2) is 0 Å². The molecule has 1 spiro atoms. The van der Waals surface area contributed by atoms with Crippen molar-refractivity contribution in [3.05, 3.63) is 76.5 Å². The molecule has 9 rings (SSSR count). The van der Waals surface area contributed by atoms with Crippen LogP contribution >= 0.6 is 0 Å². The lowest BCUT2D eigenvalue weighted by Crippen LogP contribution is -2.81. The standard InChI is InChI=1S/C45H61N5O5.CO2/c1-6-42(54)25-29-24-41(4,36-31(14-19-49(26-29)27-42)30-12-8-9-13-34(30)47-36)32-23-33-35(22-28(32)3)48(5)38-44(33)16-20-50-18-10-15-43(7-2,37(44)50)39(52)45(38,55)40(53)46-17-11-21-51;2-1-3/h8-10,12-13,15,22-23,29,37-39,47,51-52,54-55H,6-7,11,14,16-21,24-27H2,1-5H3,(H,46,53);/t29?,37?,38?,39-,41-,42?,43-,44-,45+;/m1./s1. The third kappa shape index (κ3) is 5.66. The average Bonchev–Trinajstić information content (AvgIpc) is 3.86. The van der Waals surface area contributed by atoms with Crippen molar-refractivity contribution in [2.75, 3.05) is 57.8 Å². The van der Waals surface area contributed by atoms with Crippen molar-refractivity contribution in [1.82, 2.24) is 20.1 Å². The molecule has 1 aromatic heterocycles. The summed E-state index contributed by atoms with van der Waals surface area (Å²) in [5.41, 5.74) is 3.52. The lowest BCUT2D eigenvalue weighted by atomic mass is 9.47. The highest BCUT2D eigenvalue weighted by molar-refractivity contribution is 5.90. The summed E-state index contributed by atoms with van der Waals surface area (Å²) < 4.78 is 0. The van der Waals surface area contributed by atoms with Crippen molar-refractivity contribution in [3.8, 4) is 0 Å². The van der Waals surface area contributed by atoms with E-state index in [1.807, 2.05) is 7.05 Å². The molecule has 5 unspecified atom stereocenters. The van der Waals surface area contributed by atoms with Crippen LogP contribution in [-0.4, -0.2) is 130 Å². The van der Waals surface area contributed by atoms with Crippen molar-refractivity contribution >= 4 is 28.6 Å². The molecule has 6 N–H and O–H groups in total. The number of piperidine rings is 1. The van der Waals surface area contributed by atoms with Gasteiger partial charge in [-0.1, -0.05) is 50.3 Å². The van der Waals surface area contributed by atoms with Gasteiger partial charge in [0.15, 0.2) is 5.60 Å². The molecule has 3 aromatic rings. The van der Waals surface area contributed by atoms with Crippen LogP contribution < -0.4 is 10.2 Å². The Morgan fingerprint density at radius 1 is 1.05 bits per heavy atom. The second-order valence-electron chi connectivity index (χ2n) is 18.6. The van der Waals surface area contributed by atoms with Crippen molar-refractivity contribution in [1.29, 1.82) is 0 Å². The number of para-hydroxylation sites is 1. The zero-order valence-corrected chi connectivity index (χ0v) is 34.7. The molecule has 58 heavy (non-hydrogen) atoms. The van der Waals surface area contributed by atoms with Crippen LogP contribution in [0.3, 0.4) is 0 Å². The summed E-state index contributed by atoms with van der Waals surface area (Å²) in [6, 6.07) is 12.6. The molecule has 3 fully saturated rings. The number of carbonyl (C=O) groups excluding carboxylic acids is 3. The number of likely N-dealkylation sites (N-methyl/N-ethyl adjacent to an activating group) is 1. The number of benzene rings is 2. The molecular weight excluding hydrogens is 735 g/mol. The van der Waals surface area contributed by atoms with Gasteiger partial charge in [-0.2, -0.15) is 9.59 Å². The molecule has 1 saturated carbocycles. The first kappa shape index (κ1) is 40.9. The molecular formula is C46H61N5O7. The minimum atomic E-state index is -2.12. The van der Waals surface area contributed by atoms with Crippen LogP contribution in [0.4, 0.5) is 5.69 Å². The molecule has 2 bridgehead atoms. The van der Waals surface area contributed by atoms with Crippen LogP contribution in [0, 0.1) is 18.3 Å². The largest absolute Gasteiger partial charge is 0.396 e. The lowest BCUT2D eigenvalue weighted by Gasteiger charge is -2.63. The minimum absolute atomic E-state index is 0.0752. The number of rotatable bonds is 7. The van der Waals surface area contributed by atoms with Gasteiger partial charge >= 0.3 is 6.15 Å². The summed E-state index contributed by atoms with van der Waals surface area (Å²) in [4.78, 5) is 41.8. The molecule has 2 saturated heterocycles. The summed E-state index contributed by atoms with van der Waals surface area (Å²) in [6.45, 7) is 13.1. The topological polar surface area (TPSA) is 170 Å². The number of aryl methyl sites for hydroxylation is 1. The fourth-order valence-corrected chi connectivity index (χ4v) is 13.5. The lowest BCUT2D eigenvalue weighted by molar-refractivity contribution is -0.203. The van der Waals surface area contributed by atoms with Crippen molar-refractivity contribution in [2.45, 2.75) is 113 Å². The number of hydrogen-bond acceptors (Lipinski definition) is 10. The first-order valence-electron chi connectivity index (χ1n) is 21.4. The van der Waals surface area contributed by atoms with E-state index in [1.165, 1.54) is 22.2 Å². The fraction of sp³-hybridized carbons (Fsp3) is 0.609. The van der Waals surface area contributed by atoms with E-state index >= 15 is 0 Å². The van der Waals surface area contributed by atoms with Gasteiger partial charge in [0, 0.05) is 90.9 Å². The highest BCUT2D eigenvalue weighted by Gasteiger charge is 2.78. The van der Waals surface area contributed by atoms with E-state index in [2.05, 4.69) is 101 Å². The minimum Gasteiger partial charge on any atom is -0.396 e. The second-order valence-corrected chi connectivity index (χ2v) is 18.6. The average molecular weight is 796 g/mol. The maximum atomic E-state index is 14.5. The zero-order valence-electron chi connectivity index (χ0n) is 34.7. The molecule has 2 aromatic carbocycles. The quantitative estimate of drug-likeness (QED) is 0.154. The Labute approximate surface area is 341 Å². The van der Waals surface area contributed by atoms with Crippen LogP contribution in [0.2, 0.25) is 0 Å². The molecule has 0 radical (unpaired) electrons. The third-order valence-electron chi connectivity index (χ3n) is 15.7. The number of aliphatic hydroxyl groups is 4. The van der Waals surface area contributed by atoms with E-state index in [0.29, 0.717) is 19.4 Å². The van der Waals surface area contributed by atoms with E-state index in [0.717, 1.165) is 80.6 Å². The molecule has 312 valence electrons. The summed E-state index contributed by atoms with van der Waals surface area (Å²) in [7, 11) is 2.00. The number of nitrogens with one attached hydrogen (secondary N) is 2. The number of amides is 1. The van der Waals surface area contributed by atoms with Crippen LogP contribution in [0.5, 0.6) is 0 Å². The van der Waals surface area contributed by atoms with E-state index in [1.54, 1.807) is 0 Å². The van der Waals surface area contributed by atoms with Gasteiger partial charge < -0.3 is 35.6 Å². The predicted octanol–water partition coefficient (Wildman–Crippen LogP) is 3.31. The number of anilines is 1. The SMILES string of the molecule is CCC1(O)CC2CN(CCc3c([nH]c4ccccc34)[C@@](C)(c3cc4c(cc3C)N(C)C3[C@]45CCN4CC=C[C@](CC)(C45)[C@@H](O)[C@]3(O)C(=O)NCCCO)C2)C1.O=C=O. The van der Waals surface area contributed by atoms with Crippen LogP contribution in [0.1, 0.15) is 87.2 Å². The fourth-order valence-electron chi connectivity index (χ4n) is 13.5. The van der Waals surface area contributed by atoms with Gasteiger partial charge in [-0.05, 0) is 106 Å². The normalized spacial score (nSPS) is 37.3. The predicted molar refractivity (Wildman–Crippen MR) is 220 cm³/mol. The number of aromatic nitrogens is 1.